The molecule has 1 aromatic carbocycles. The van der Waals surface area contributed by atoms with E-state index in [9.17, 15) is 0 Å². The molecule has 0 bridgehead atoms. The quantitative estimate of drug-likeness (QED) is 0.443. The monoisotopic (exact) mass is 294 g/mol. The number of para-hydroxylation sites is 1. The molecule has 0 saturated carbocycles. The molecule has 0 spiro atoms. The van der Waals surface area contributed by atoms with E-state index in [-0.39, 0.29) is 0 Å². The maximum Gasteiger partial charge on any atom is 0.204 e. The van der Waals surface area contributed by atoms with Crippen molar-refractivity contribution in [3.8, 4) is 0 Å². The van der Waals surface area contributed by atoms with Crippen LogP contribution >= 0.6 is 33.3 Å². The Kier molecular flexibility index (Phi) is 5.03. The SMILES string of the molecule is CSC1=C(C)/C(=C/C=[N+](C)c2ccccc2)SS1. The second-order valence-electron chi connectivity index (χ2n) is 3.91. The van der Waals surface area contributed by atoms with Gasteiger partial charge in [0.1, 0.15) is 7.05 Å². The Morgan fingerprint density at radius 3 is 2.50 bits per heavy atom. The van der Waals surface area contributed by atoms with Gasteiger partial charge in [-0.15, -0.1) is 11.8 Å². The minimum atomic E-state index is 1.21. The number of thioether (sulfide) groups is 1. The normalized spacial score (nSPS) is 18.8. The molecule has 18 heavy (non-hydrogen) atoms. The maximum absolute atomic E-state index is 2.20. The summed E-state index contributed by atoms with van der Waals surface area (Å²) in [4.78, 5) is 1.35. The van der Waals surface area contributed by atoms with Crippen LogP contribution in [0, 0.1) is 0 Å². The van der Waals surface area contributed by atoms with Crippen molar-refractivity contribution in [1.29, 1.82) is 0 Å². The molecule has 94 valence electrons. The summed E-state index contributed by atoms with van der Waals surface area (Å²) in [5.74, 6) is 0. The Morgan fingerprint density at radius 1 is 1.17 bits per heavy atom. The minimum absolute atomic E-state index is 1.21. The van der Waals surface area contributed by atoms with Crippen LogP contribution < -0.4 is 0 Å². The van der Waals surface area contributed by atoms with E-state index < -0.39 is 0 Å². The fourth-order valence-corrected chi connectivity index (χ4v) is 5.47. The summed E-state index contributed by atoms with van der Waals surface area (Å²) in [5, 5.41) is 0. The predicted octanol–water partition coefficient (Wildman–Crippen LogP) is 4.90. The van der Waals surface area contributed by atoms with E-state index >= 15 is 0 Å². The van der Waals surface area contributed by atoms with Gasteiger partial charge in [0.2, 0.25) is 5.69 Å². The number of nitrogens with zero attached hydrogens (tertiary/aromatic N) is 1. The molecule has 0 atom stereocenters. The fourth-order valence-electron chi connectivity index (χ4n) is 1.58. The smallest absolute Gasteiger partial charge is 0.201 e. The molecule has 0 aliphatic carbocycles. The molecule has 2 rings (SSSR count). The van der Waals surface area contributed by atoms with Crippen molar-refractivity contribution >= 4 is 45.3 Å². The van der Waals surface area contributed by atoms with Crippen molar-refractivity contribution in [3.63, 3.8) is 0 Å². The van der Waals surface area contributed by atoms with Gasteiger partial charge in [-0.05, 0) is 29.5 Å². The molecule has 0 radical (unpaired) electrons. The summed E-state index contributed by atoms with van der Waals surface area (Å²) >= 11 is 1.83. The largest absolute Gasteiger partial charge is 0.204 e. The Balaban J connectivity index is 2.19. The third-order valence-corrected chi connectivity index (χ3v) is 6.88. The summed E-state index contributed by atoms with van der Waals surface area (Å²) in [6.45, 7) is 2.20. The summed E-state index contributed by atoms with van der Waals surface area (Å²) in [6, 6.07) is 10.4. The highest BCUT2D eigenvalue weighted by atomic mass is 33.1. The van der Waals surface area contributed by atoms with Crippen LogP contribution in [0.3, 0.4) is 0 Å². The van der Waals surface area contributed by atoms with Gasteiger partial charge in [0.15, 0.2) is 6.21 Å². The van der Waals surface area contributed by atoms with E-state index in [4.69, 9.17) is 0 Å². The highest BCUT2D eigenvalue weighted by Gasteiger charge is 2.17. The van der Waals surface area contributed by atoms with E-state index in [2.05, 4.69) is 61.4 Å². The molecule has 0 aromatic heterocycles. The molecule has 0 N–H and O–H groups in total. The zero-order valence-electron chi connectivity index (χ0n) is 10.7. The average Bonchev–Trinajstić information content (AvgIpc) is 2.77. The molecule has 0 amide bonds. The van der Waals surface area contributed by atoms with Gasteiger partial charge in [-0.1, -0.05) is 29.0 Å². The molecular formula is C14H16NS3+. The zero-order chi connectivity index (χ0) is 13.0. The first kappa shape index (κ1) is 13.8. The lowest BCUT2D eigenvalue weighted by Gasteiger charge is -1.96. The molecule has 4 heteroatoms. The van der Waals surface area contributed by atoms with E-state index in [0.29, 0.717) is 0 Å². The predicted molar refractivity (Wildman–Crippen MR) is 87.8 cm³/mol. The summed E-state index contributed by atoms with van der Waals surface area (Å²) < 4.78 is 3.56. The van der Waals surface area contributed by atoms with Crippen molar-refractivity contribution in [2.45, 2.75) is 6.92 Å². The van der Waals surface area contributed by atoms with E-state index in [1.54, 1.807) is 0 Å². The first-order chi connectivity index (χ1) is 8.72. The van der Waals surface area contributed by atoms with Gasteiger partial charge in [0.25, 0.3) is 0 Å². The highest BCUT2D eigenvalue weighted by molar-refractivity contribution is 8.82. The van der Waals surface area contributed by atoms with Crippen molar-refractivity contribution in [1.82, 2.24) is 0 Å². The first-order valence-electron chi connectivity index (χ1n) is 5.65. The van der Waals surface area contributed by atoms with Gasteiger partial charge < -0.3 is 0 Å². The minimum Gasteiger partial charge on any atom is -0.201 e. The van der Waals surface area contributed by atoms with Gasteiger partial charge in [-0.3, -0.25) is 0 Å². The molecule has 1 heterocycles. The Labute approximate surface area is 121 Å². The van der Waals surface area contributed by atoms with Gasteiger partial charge in [-0.25, -0.2) is 4.58 Å². The lowest BCUT2D eigenvalue weighted by Crippen LogP contribution is -1.97. The standard InChI is InChI=1S/C14H16NS3/c1-11-13(17-18-14(11)16-3)9-10-15(2)12-7-5-4-6-8-12/h4-10H,1-3H3/q+1/b13-9-,15-10?. The van der Waals surface area contributed by atoms with Crippen LogP contribution in [0.15, 0.2) is 51.1 Å². The van der Waals surface area contributed by atoms with Gasteiger partial charge in [0, 0.05) is 23.1 Å². The van der Waals surface area contributed by atoms with Crippen molar-refractivity contribution in [3.05, 3.63) is 51.1 Å². The molecule has 1 aliphatic rings. The number of hydrogen-bond donors (Lipinski definition) is 0. The van der Waals surface area contributed by atoms with Crippen LogP contribution in [0.2, 0.25) is 0 Å². The molecule has 0 fully saturated rings. The lowest BCUT2D eigenvalue weighted by molar-refractivity contribution is -0.398. The Bertz CT molecular complexity index is 515. The number of hydrogen-bond acceptors (Lipinski definition) is 3. The van der Waals surface area contributed by atoms with Crippen LogP contribution in [0.1, 0.15) is 6.92 Å². The van der Waals surface area contributed by atoms with Crippen LogP contribution in [0.4, 0.5) is 5.69 Å². The number of allylic oxidation sites excluding steroid dienone is 2. The van der Waals surface area contributed by atoms with Crippen LogP contribution in [0.5, 0.6) is 0 Å². The van der Waals surface area contributed by atoms with Crippen molar-refractivity contribution in [2.24, 2.45) is 0 Å². The molecule has 1 aromatic rings. The molecule has 1 aliphatic heterocycles. The Morgan fingerprint density at radius 2 is 1.89 bits per heavy atom. The first-order valence-corrected chi connectivity index (χ1v) is 9.02. The summed E-state index contributed by atoms with van der Waals surface area (Å²) in [5.41, 5.74) is 2.60. The number of rotatable bonds is 3. The number of benzene rings is 1. The highest BCUT2D eigenvalue weighted by Crippen LogP contribution is 2.52. The molecule has 0 saturated heterocycles. The van der Waals surface area contributed by atoms with Crippen molar-refractivity contribution < 1.29 is 4.58 Å². The van der Waals surface area contributed by atoms with Gasteiger partial charge in [0.05, 0.1) is 4.24 Å². The summed E-state index contributed by atoms with van der Waals surface area (Å²) in [6.07, 6.45) is 6.46. The Hall–Kier alpha value is -0.580. The lowest BCUT2D eigenvalue weighted by atomic mass is 10.3. The molecule has 0 unspecified atom stereocenters. The van der Waals surface area contributed by atoms with E-state index in [1.165, 1.54) is 20.4 Å². The zero-order valence-corrected chi connectivity index (χ0v) is 13.2. The van der Waals surface area contributed by atoms with E-state index in [1.807, 2.05) is 39.4 Å². The summed E-state index contributed by atoms with van der Waals surface area (Å²) in [7, 11) is 5.78. The van der Waals surface area contributed by atoms with Crippen LogP contribution in [0.25, 0.3) is 0 Å². The maximum atomic E-state index is 2.20. The van der Waals surface area contributed by atoms with Crippen molar-refractivity contribution in [2.75, 3.05) is 13.3 Å². The third kappa shape index (κ3) is 3.25. The van der Waals surface area contributed by atoms with Crippen LogP contribution in [-0.4, -0.2) is 24.1 Å². The second kappa shape index (κ2) is 6.55. The van der Waals surface area contributed by atoms with Gasteiger partial charge in [-0.2, -0.15) is 0 Å². The third-order valence-electron chi connectivity index (χ3n) is 2.68. The van der Waals surface area contributed by atoms with E-state index in [0.717, 1.165) is 0 Å². The van der Waals surface area contributed by atoms with Crippen LogP contribution in [-0.2, 0) is 0 Å². The average molecular weight is 294 g/mol. The topological polar surface area (TPSA) is 3.01 Å². The second-order valence-corrected chi connectivity index (χ2v) is 7.17. The molecular weight excluding hydrogens is 278 g/mol. The fraction of sp³-hybridized carbons (Fsp3) is 0.214. The van der Waals surface area contributed by atoms with Gasteiger partial charge >= 0.3 is 0 Å². The molecule has 1 nitrogen and oxygen atoms in total.